The number of ether oxygens (including phenoxy) is 2. The van der Waals surface area contributed by atoms with Crippen LogP contribution in [0.4, 0.5) is 10.6 Å². The molecule has 2 atom stereocenters. The monoisotopic (exact) mass is 382 g/mol. The van der Waals surface area contributed by atoms with Crippen LogP contribution in [-0.4, -0.2) is 52.2 Å². The molecule has 0 bridgehead atoms. The minimum Gasteiger partial charge on any atom is -0.359 e. The molecule has 1 saturated carbocycles. The number of pyridine rings is 2. The summed E-state index contributed by atoms with van der Waals surface area (Å²) in [5.74, 6) is 0.473. The fourth-order valence-electron chi connectivity index (χ4n) is 3.37. The predicted molar refractivity (Wildman–Crippen MR) is 104 cm³/mol. The summed E-state index contributed by atoms with van der Waals surface area (Å²) in [6.45, 7) is 0.277. The van der Waals surface area contributed by atoms with Crippen molar-refractivity contribution in [1.29, 1.82) is 0 Å². The van der Waals surface area contributed by atoms with Crippen molar-refractivity contribution in [1.82, 2.24) is 25.5 Å². The van der Waals surface area contributed by atoms with Gasteiger partial charge in [0, 0.05) is 36.7 Å². The van der Waals surface area contributed by atoms with Gasteiger partial charge >= 0.3 is 6.03 Å². The van der Waals surface area contributed by atoms with Gasteiger partial charge in [0.2, 0.25) is 0 Å². The third-order valence-electron chi connectivity index (χ3n) is 4.75. The highest BCUT2D eigenvalue weighted by atomic mass is 16.7. The highest BCUT2D eigenvalue weighted by Crippen LogP contribution is 2.23. The van der Waals surface area contributed by atoms with E-state index in [0.717, 1.165) is 35.9 Å². The van der Waals surface area contributed by atoms with E-state index in [-0.39, 0.29) is 25.0 Å². The Kier molecular flexibility index (Phi) is 5.45. The van der Waals surface area contributed by atoms with Crippen molar-refractivity contribution in [2.24, 2.45) is 0 Å². The van der Waals surface area contributed by atoms with E-state index in [2.05, 4.69) is 30.8 Å². The van der Waals surface area contributed by atoms with Crippen LogP contribution >= 0.6 is 0 Å². The Morgan fingerprint density at radius 3 is 3.00 bits per heavy atom. The Hall–Kier alpha value is -3.04. The number of urea groups is 1. The van der Waals surface area contributed by atoms with Gasteiger partial charge in [-0.1, -0.05) is 0 Å². The summed E-state index contributed by atoms with van der Waals surface area (Å²) in [5.41, 5.74) is 3.29. The van der Waals surface area contributed by atoms with Crippen LogP contribution in [0.15, 0.2) is 36.8 Å². The lowest BCUT2D eigenvalue weighted by Crippen LogP contribution is -2.37. The van der Waals surface area contributed by atoms with E-state index in [4.69, 9.17) is 9.47 Å². The molecule has 0 aromatic carbocycles. The number of nitrogens with one attached hydrogen (secondary N) is 3. The molecule has 3 aromatic rings. The van der Waals surface area contributed by atoms with E-state index >= 15 is 0 Å². The van der Waals surface area contributed by atoms with Crippen LogP contribution in [0.3, 0.4) is 0 Å². The molecule has 0 radical (unpaired) electrons. The molecule has 0 aliphatic heterocycles. The average molecular weight is 382 g/mol. The van der Waals surface area contributed by atoms with Crippen molar-refractivity contribution in [3.8, 4) is 11.1 Å². The molecule has 9 nitrogen and oxygen atoms in total. The van der Waals surface area contributed by atoms with Gasteiger partial charge in [0.1, 0.15) is 12.6 Å². The van der Waals surface area contributed by atoms with E-state index < -0.39 is 0 Å². The Bertz CT molecular complexity index is 946. The molecule has 4 rings (SSSR count). The molecule has 3 heterocycles. The number of rotatable bonds is 6. The van der Waals surface area contributed by atoms with Crippen molar-refractivity contribution >= 4 is 22.9 Å². The van der Waals surface area contributed by atoms with E-state index in [9.17, 15) is 4.79 Å². The highest BCUT2D eigenvalue weighted by Gasteiger charge is 2.26. The molecule has 2 amide bonds. The van der Waals surface area contributed by atoms with Crippen LogP contribution in [0, 0.1) is 0 Å². The number of hydrogen-bond donors (Lipinski definition) is 3. The first-order valence-electron chi connectivity index (χ1n) is 9.15. The number of nitrogens with zero attached hydrogens (tertiary/aromatic N) is 3. The molecule has 3 N–H and O–H groups in total. The number of fused-ring (bicyclic) bond motifs is 1. The Labute approximate surface area is 161 Å². The lowest BCUT2D eigenvalue weighted by atomic mass is 10.1. The highest BCUT2D eigenvalue weighted by molar-refractivity contribution is 5.90. The lowest BCUT2D eigenvalue weighted by molar-refractivity contribution is -0.0691. The van der Waals surface area contributed by atoms with Crippen molar-refractivity contribution in [3.05, 3.63) is 36.8 Å². The SMILES string of the molecule is COCO[C@H]1CC[C@@H](NC(=O)Nc2ccc3ncc(-c4cn[nH]c4)cc3n2)C1. The van der Waals surface area contributed by atoms with Gasteiger partial charge in [0.25, 0.3) is 0 Å². The van der Waals surface area contributed by atoms with Crippen LogP contribution in [0.5, 0.6) is 0 Å². The second-order valence-corrected chi connectivity index (χ2v) is 6.75. The van der Waals surface area contributed by atoms with Gasteiger partial charge in [-0.2, -0.15) is 5.10 Å². The number of anilines is 1. The van der Waals surface area contributed by atoms with Gasteiger partial charge in [-0.05, 0) is 37.5 Å². The molecule has 1 aliphatic carbocycles. The Morgan fingerprint density at radius 1 is 1.25 bits per heavy atom. The number of amides is 2. The van der Waals surface area contributed by atoms with Gasteiger partial charge < -0.3 is 14.8 Å². The van der Waals surface area contributed by atoms with Crippen molar-refractivity contribution in [3.63, 3.8) is 0 Å². The molecule has 0 unspecified atom stereocenters. The third-order valence-corrected chi connectivity index (χ3v) is 4.75. The molecule has 9 heteroatoms. The molecule has 146 valence electrons. The molecule has 3 aromatic heterocycles. The van der Waals surface area contributed by atoms with Gasteiger partial charge in [-0.15, -0.1) is 0 Å². The van der Waals surface area contributed by atoms with Crippen LogP contribution in [0.25, 0.3) is 22.2 Å². The summed E-state index contributed by atoms with van der Waals surface area (Å²) >= 11 is 0. The average Bonchev–Trinajstić information content (AvgIpc) is 3.38. The zero-order valence-electron chi connectivity index (χ0n) is 15.5. The summed E-state index contributed by atoms with van der Waals surface area (Å²) in [6, 6.07) is 5.30. The van der Waals surface area contributed by atoms with Gasteiger partial charge in [-0.3, -0.25) is 15.4 Å². The summed E-state index contributed by atoms with van der Waals surface area (Å²) in [6.07, 6.45) is 7.98. The van der Waals surface area contributed by atoms with E-state index in [1.165, 1.54) is 0 Å². The molecule has 28 heavy (non-hydrogen) atoms. The maximum atomic E-state index is 12.3. The second kappa shape index (κ2) is 8.32. The minimum absolute atomic E-state index is 0.0803. The molecule has 1 fully saturated rings. The molecule has 1 aliphatic rings. The summed E-state index contributed by atoms with van der Waals surface area (Å²) < 4.78 is 10.5. The molecular weight excluding hydrogens is 360 g/mol. The second-order valence-electron chi connectivity index (χ2n) is 6.75. The predicted octanol–water partition coefficient (Wildman–Crippen LogP) is 2.68. The molecule has 0 saturated heterocycles. The van der Waals surface area contributed by atoms with E-state index in [1.807, 2.05) is 12.1 Å². The van der Waals surface area contributed by atoms with E-state index in [0.29, 0.717) is 11.3 Å². The van der Waals surface area contributed by atoms with Crippen molar-refractivity contribution < 1.29 is 14.3 Å². The van der Waals surface area contributed by atoms with Crippen LogP contribution in [0.2, 0.25) is 0 Å². The quantitative estimate of drug-likeness (QED) is 0.565. The number of H-pyrrole nitrogens is 1. The first-order valence-corrected chi connectivity index (χ1v) is 9.15. The minimum atomic E-state index is -0.275. The first kappa shape index (κ1) is 18.3. The van der Waals surface area contributed by atoms with E-state index in [1.54, 1.807) is 31.8 Å². The van der Waals surface area contributed by atoms with Gasteiger partial charge in [-0.25, -0.2) is 9.78 Å². The maximum Gasteiger partial charge on any atom is 0.320 e. The Morgan fingerprint density at radius 2 is 2.18 bits per heavy atom. The number of hydrogen-bond acceptors (Lipinski definition) is 6. The van der Waals surface area contributed by atoms with Crippen molar-refractivity contribution in [2.45, 2.75) is 31.4 Å². The molecule has 0 spiro atoms. The van der Waals surface area contributed by atoms with Crippen LogP contribution in [-0.2, 0) is 9.47 Å². The number of aromatic amines is 1. The summed E-state index contributed by atoms with van der Waals surface area (Å²) in [5, 5.41) is 12.5. The largest absolute Gasteiger partial charge is 0.359 e. The number of methoxy groups -OCH3 is 1. The molecular formula is C19H22N6O3. The lowest BCUT2D eigenvalue weighted by Gasteiger charge is -2.14. The summed E-state index contributed by atoms with van der Waals surface area (Å²) in [4.78, 5) is 21.2. The van der Waals surface area contributed by atoms with Gasteiger partial charge in [0.15, 0.2) is 0 Å². The van der Waals surface area contributed by atoms with Crippen molar-refractivity contribution in [2.75, 3.05) is 19.2 Å². The van der Waals surface area contributed by atoms with Crippen LogP contribution in [0.1, 0.15) is 19.3 Å². The zero-order valence-corrected chi connectivity index (χ0v) is 15.5. The summed E-state index contributed by atoms with van der Waals surface area (Å²) in [7, 11) is 1.60. The third kappa shape index (κ3) is 4.26. The van der Waals surface area contributed by atoms with Gasteiger partial charge in [0.05, 0.1) is 23.3 Å². The fourth-order valence-corrected chi connectivity index (χ4v) is 3.37. The topological polar surface area (TPSA) is 114 Å². The number of carbonyl (C=O) groups is 1. The normalized spacial score (nSPS) is 19.0. The van der Waals surface area contributed by atoms with Crippen LogP contribution < -0.4 is 10.6 Å². The smallest absolute Gasteiger partial charge is 0.320 e. The zero-order chi connectivity index (χ0) is 19.3. The standard InChI is InChI=1S/C19H22N6O3/c1-27-11-28-15-3-2-14(7-15)23-19(26)25-18-5-4-16-17(24-18)6-12(8-20-16)13-9-21-22-10-13/h4-6,8-10,14-15H,2-3,7,11H2,1H3,(H,21,22)(H2,23,24,25,26)/t14-,15+/m1/s1. The fraction of sp³-hybridized carbons (Fsp3) is 0.368. The maximum absolute atomic E-state index is 12.3. The number of carbonyl (C=O) groups excluding carboxylic acids is 1. The first-order chi connectivity index (χ1) is 13.7. The Balaban J connectivity index is 1.39. The number of aromatic nitrogens is 4.